The summed E-state index contributed by atoms with van der Waals surface area (Å²) in [7, 11) is 2.31. The van der Waals surface area contributed by atoms with Gasteiger partial charge in [-0.05, 0) is 30.2 Å². The molecule has 1 aliphatic carbocycles. The molecule has 0 spiro atoms. The van der Waals surface area contributed by atoms with Gasteiger partial charge in [-0.15, -0.1) is 0 Å². The second-order valence-electron chi connectivity index (χ2n) is 9.48. The number of ketones is 1. The summed E-state index contributed by atoms with van der Waals surface area (Å²) >= 11 is 0. The van der Waals surface area contributed by atoms with Gasteiger partial charge in [0.1, 0.15) is 23.4 Å². The van der Waals surface area contributed by atoms with Crippen LogP contribution in [0.4, 0.5) is 14.5 Å². The number of methoxy groups -OCH3 is 2. The molecule has 1 heterocycles. The summed E-state index contributed by atoms with van der Waals surface area (Å²) in [5, 5.41) is 0. The van der Waals surface area contributed by atoms with Gasteiger partial charge in [0.05, 0.1) is 31.4 Å². The van der Waals surface area contributed by atoms with Crippen molar-refractivity contribution in [1.29, 1.82) is 0 Å². The number of hydrogen-bond donors (Lipinski definition) is 1. The molecule has 3 atom stereocenters. The van der Waals surface area contributed by atoms with Crippen molar-refractivity contribution in [2.24, 2.45) is 11.7 Å². The number of nitrogens with two attached hydrogens (primary N) is 1. The lowest BCUT2D eigenvalue weighted by atomic mass is 9.67. The van der Waals surface area contributed by atoms with Crippen LogP contribution in [0.3, 0.4) is 0 Å². The Balaban J connectivity index is 1.86. The summed E-state index contributed by atoms with van der Waals surface area (Å²) in [6.45, 7) is 0. The lowest BCUT2D eigenvalue weighted by Gasteiger charge is -2.44. The Kier molecular flexibility index (Phi) is 7.21. The van der Waals surface area contributed by atoms with Crippen molar-refractivity contribution < 1.29 is 32.6 Å². The highest BCUT2D eigenvalue weighted by Crippen LogP contribution is 2.52. The van der Waals surface area contributed by atoms with Crippen molar-refractivity contribution in [3.8, 4) is 0 Å². The van der Waals surface area contributed by atoms with Crippen molar-refractivity contribution in [3.05, 3.63) is 124 Å². The highest BCUT2D eigenvalue weighted by atomic mass is 19.1. The molecular formula is C31H26F2N2O5. The molecule has 0 bridgehead atoms. The van der Waals surface area contributed by atoms with Crippen molar-refractivity contribution in [2.75, 3.05) is 19.1 Å². The molecule has 0 amide bonds. The van der Waals surface area contributed by atoms with Crippen LogP contribution in [0.25, 0.3) is 0 Å². The Labute approximate surface area is 229 Å². The van der Waals surface area contributed by atoms with E-state index >= 15 is 8.78 Å². The molecule has 3 aromatic rings. The number of carbonyl (C=O) groups is 3. The number of allylic oxidation sites excluding steroid dienone is 2. The SMILES string of the molecule is COC(=O)C1=C(N)N(c2ccccc2F)C2=C(C(=O)[C@@H](C(=O)OC)[C@H](c3ccccc3)C2)[C@@H]1c1ccccc1F. The molecule has 0 unspecified atom stereocenters. The molecule has 204 valence electrons. The third kappa shape index (κ3) is 4.33. The average molecular weight is 545 g/mol. The minimum absolute atomic E-state index is 0.0124. The van der Waals surface area contributed by atoms with E-state index in [9.17, 15) is 14.4 Å². The first-order chi connectivity index (χ1) is 19.3. The van der Waals surface area contributed by atoms with Gasteiger partial charge >= 0.3 is 11.9 Å². The number of Topliss-reactive ketones (excluding diaryl/α,β-unsaturated/α-hetero) is 1. The number of anilines is 1. The van der Waals surface area contributed by atoms with Gasteiger partial charge in [-0.25, -0.2) is 13.6 Å². The molecule has 0 saturated carbocycles. The Hall–Kier alpha value is -4.79. The van der Waals surface area contributed by atoms with Crippen LogP contribution in [-0.2, 0) is 23.9 Å². The molecule has 0 radical (unpaired) electrons. The summed E-state index contributed by atoms with van der Waals surface area (Å²) in [5.41, 5.74) is 7.22. The number of hydrogen-bond acceptors (Lipinski definition) is 7. The Morgan fingerprint density at radius 1 is 0.875 bits per heavy atom. The summed E-state index contributed by atoms with van der Waals surface area (Å²) < 4.78 is 40.7. The van der Waals surface area contributed by atoms with Gasteiger partial charge in [-0.1, -0.05) is 60.7 Å². The monoisotopic (exact) mass is 544 g/mol. The van der Waals surface area contributed by atoms with E-state index in [-0.39, 0.29) is 40.3 Å². The lowest BCUT2D eigenvalue weighted by Crippen LogP contribution is -2.46. The van der Waals surface area contributed by atoms with E-state index in [0.717, 1.165) is 7.11 Å². The first-order valence-electron chi connectivity index (χ1n) is 12.6. The minimum Gasteiger partial charge on any atom is -0.468 e. The maximum absolute atomic E-state index is 15.4. The topological polar surface area (TPSA) is 98.9 Å². The van der Waals surface area contributed by atoms with Gasteiger partial charge in [-0.2, -0.15) is 0 Å². The van der Waals surface area contributed by atoms with Crippen molar-refractivity contribution in [3.63, 3.8) is 0 Å². The van der Waals surface area contributed by atoms with Crippen molar-refractivity contribution in [2.45, 2.75) is 18.3 Å². The van der Waals surface area contributed by atoms with E-state index in [4.69, 9.17) is 15.2 Å². The number of rotatable bonds is 5. The van der Waals surface area contributed by atoms with E-state index < -0.39 is 47.1 Å². The third-order valence-corrected chi connectivity index (χ3v) is 7.44. The standard InChI is InChI=1S/C31H26F2N2O5/c1-39-30(37)25-19(17-10-4-3-5-11-17)16-23-26(28(25)36)24(18-12-6-7-13-20(18)32)27(31(38)40-2)29(34)35(23)22-15-9-8-14-21(22)33/h3-15,19,24-25H,16,34H2,1-2H3/t19-,24-,25-/m0/s1. The maximum atomic E-state index is 15.4. The van der Waals surface area contributed by atoms with Crippen LogP contribution in [0.2, 0.25) is 0 Å². The van der Waals surface area contributed by atoms with Gasteiger partial charge < -0.3 is 15.2 Å². The number of para-hydroxylation sites is 1. The fraction of sp³-hybridized carbons (Fsp3) is 0.194. The lowest BCUT2D eigenvalue weighted by molar-refractivity contribution is -0.150. The number of nitrogens with zero attached hydrogens (tertiary/aromatic N) is 1. The fourth-order valence-corrected chi connectivity index (χ4v) is 5.68. The zero-order chi connectivity index (χ0) is 28.6. The number of carbonyl (C=O) groups excluding carboxylic acids is 3. The molecule has 0 fully saturated rings. The average Bonchev–Trinajstić information content (AvgIpc) is 2.97. The number of ether oxygens (including phenoxy) is 2. The fourth-order valence-electron chi connectivity index (χ4n) is 5.68. The van der Waals surface area contributed by atoms with Crippen LogP contribution >= 0.6 is 0 Å². The Morgan fingerprint density at radius 2 is 1.50 bits per heavy atom. The summed E-state index contributed by atoms with van der Waals surface area (Å²) in [5.74, 6) is -7.27. The van der Waals surface area contributed by atoms with E-state index in [2.05, 4.69) is 0 Å². The third-order valence-electron chi connectivity index (χ3n) is 7.44. The molecule has 1 aliphatic heterocycles. The minimum atomic E-state index is -1.32. The van der Waals surface area contributed by atoms with Crippen LogP contribution in [0, 0.1) is 17.6 Å². The normalized spacial score (nSPS) is 20.8. The van der Waals surface area contributed by atoms with Crippen molar-refractivity contribution in [1.82, 2.24) is 0 Å². The summed E-state index contributed by atoms with van der Waals surface area (Å²) in [6.07, 6.45) is 0.0410. The van der Waals surface area contributed by atoms with Gasteiger partial charge in [0.15, 0.2) is 5.78 Å². The smallest absolute Gasteiger partial charge is 0.338 e. The molecule has 0 aromatic heterocycles. The molecule has 9 heteroatoms. The Bertz CT molecular complexity index is 1570. The second-order valence-corrected chi connectivity index (χ2v) is 9.48. The summed E-state index contributed by atoms with van der Waals surface area (Å²) in [6, 6.07) is 20.3. The molecule has 40 heavy (non-hydrogen) atoms. The first-order valence-corrected chi connectivity index (χ1v) is 12.6. The van der Waals surface area contributed by atoms with Gasteiger partial charge in [-0.3, -0.25) is 14.5 Å². The summed E-state index contributed by atoms with van der Waals surface area (Å²) in [4.78, 5) is 42.1. The van der Waals surface area contributed by atoms with E-state index in [0.29, 0.717) is 5.56 Å². The van der Waals surface area contributed by atoms with Crippen LogP contribution < -0.4 is 10.6 Å². The quantitative estimate of drug-likeness (QED) is 0.367. The van der Waals surface area contributed by atoms with Crippen molar-refractivity contribution >= 4 is 23.4 Å². The highest BCUT2D eigenvalue weighted by Gasteiger charge is 2.51. The van der Waals surface area contributed by atoms with Crippen LogP contribution in [-0.4, -0.2) is 31.9 Å². The number of esters is 2. The van der Waals surface area contributed by atoms with Gasteiger partial charge in [0, 0.05) is 22.8 Å². The molecule has 0 saturated heterocycles. The van der Waals surface area contributed by atoms with E-state index in [1.165, 1.54) is 48.4 Å². The predicted molar refractivity (Wildman–Crippen MR) is 143 cm³/mol. The molecule has 7 nitrogen and oxygen atoms in total. The first kappa shape index (κ1) is 26.8. The highest BCUT2D eigenvalue weighted by molar-refractivity contribution is 6.14. The molecular weight excluding hydrogens is 518 g/mol. The number of halogens is 2. The van der Waals surface area contributed by atoms with E-state index in [1.807, 2.05) is 0 Å². The van der Waals surface area contributed by atoms with Crippen LogP contribution in [0.1, 0.15) is 29.4 Å². The van der Waals surface area contributed by atoms with Gasteiger partial charge in [0.2, 0.25) is 0 Å². The van der Waals surface area contributed by atoms with Crippen LogP contribution in [0.5, 0.6) is 0 Å². The van der Waals surface area contributed by atoms with Gasteiger partial charge in [0.25, 0.3) is 0 Å². The maximum Gasteiger partial charge on any atom is 0.338 e. The second kappa shape index (κ2) is 10.8. The molecule has 2 aliphatic rings. The predicted octanol–water partition coefficient (Wildman–Crippen LogP) is 4.71. The molecule has 2 N–H and O–H groups in total. The molecule has 5 rings (SSSR count). The largest absolute Gasteiger partial charge is 0.468 e. The Morgan fingerprint density at radius 3 is 2.12 bits per heavy atom. The number of benzene rings is 3. The molecule has 3 aromatic carbocycles. The van der Waals surface area contributed by atoms with E-state index in [1.54, 1.807) is 42.5 Å². The zero-order valence-electron chi connectivity index (χ0n) is 21.8. The van der Waals surface area contributed by atoms with Crippen LogP contribution in [0.15, 0.2) is 102 Å². The zero-order valence-corrected chi connectivity index (χ0v) is 21.8.